The third kappa shape index (κ3) is 2.33. The molecule has 0 bridgehead atoms. The summed E-state index contributed by atoms with van der Waals surface area (Å²) in [4.78, 5) is 21.2. The van der Waals surface area contributed by atoms with Gasteiger partial charge in [0.15, 0.2) is 0 Å². The average molecular weight is 252 g/mol. The molecule has 5 heteroatoms. The van der Waals surface area contributed by atoms with Gasteiger partial charge in [-0.2, -0.15) is 5.26 Å². The number of rotatable bonds is 3. The lowest BCUT2D eigenvalue weighted by Crippen LogP contribution is -1.95. The van der Waals surface area contributed by atoms with Gasteiger partial charge in [-0.3, -0.25) is 14.9 Å². The predicted molar refractivity (Wildman–Crippen MR) is 68.6 cm³/mol. The minimum absolute atomic E-state index is 0.188. The van der Waals surface area contributed by atoms with Gasteiger partial charge in [-0.05, 0) is 12.1 Å². The first kappa shape index (κ1) is 12.5. The Kier molecular flexibility index (Phi) is 3.35. The maximum Gasteiger partial charge on any atom is 0.277 e. The molecule has 0 aromatic heterocycles. The summed E-state index contributed by atoms with van der Waals surface area (Å²) in [7, 11) is 0. The van der Waals surface area contributed by atoms with Gasteiger partial charge < -0.3 is 0 Å². The molecule has 0 atom stereocenters. The summed E-state index contributed by atoms with van der Waals surface area (Å²) >= 11 is 0. The van der Waals surface area contributed by atoms with Crippen LogP contribution in [0.4, 0.5) is 5.69 Å². The average Bonchev–Trinajstić information content (AvgIpc) is 2.46. The van der Waals surface area contributed by atoms with Crippen LogP contribution in [0.2, 0.25) is 0 Å². The van der Waals surface area contributed by atoms with Gasteiger partial charge in [0.25, 0.3) is 5.69 Å². The minimum Gasteiger partial charge on any atom is -0.298 e. The Morgan fingerprint density at radius 2 is 1.89 bits per heavy atom. The smallest absolute Gasteiger partial charge is 0.277 e. The fourth-order valence-corrected chi connectivity index (χ4v) is 1.82. The molecule has 0 aliphatic carbocycles. The number of nitrogens with zero attached hydrogens (tertiary/aromatic N) is 2. The van der Waals surface area contributed by atoms with E-state index in [0.29, 0.717) is 23.0 Å². The number of carbonyl (C=O) groups excluding carboxylic acids is 1. The third-order valence-corrected chi connectivity index (χ3v) is 2.69. The van der Waals surface area contributed by atoms with Crippen molar-refractivity contribution in [2.45, 2.75) is 0 Å². The molecule has 0 spiro atoms. The summed E-state index contributed by atoms with van der Waals surface area (Å²) in [6, 6.07) is 12.8. The largest absolute Gasteiger partial charge is 0.298 e. The molecule has 0 fully saturated rings. The van der Waals surface area contributed by atoms with E-state index in [1.807, 2.05) is 6.07 Å². The summed E-state index contributed by atoms with van der Waals surface area (Å²) in [6.07, 6.45) is 0.549. The molecular weight excluding hydrogens is 244 g/mol. The van der Waals surface area contributed by atoms with Crippen molar-refractivity contribution in [3.63, 3.8) is 0 Å². The molecular formula is C14H8N2O3. The van der Waals surface area contributed by atoms with Crippen LogP contribution in [-0.2, 0) is 0 Å². The molecule has 0 saturated heterocycles. The Morgan fingerprint density at radius 3 is 2.53 bits per heavy atom. The van der Waals surface area contributed by atoms with Crippen LogP contribution >= 0.6 is 0 Å². The number of carbonyl (C=O) groups is 1. The van der Waals surface area contributed by atoms with Gasteiger partial charge in [0.05, 0.1) is 22.1 Å². The van der Waals surface area contributed by atoms with Crippen molar-refractivity contribution in [2.24, 2.45) is 0 Å². The van der Waals surface area contributed by atoms with Crippen LogP contribution in [0.15, 0.2) is 42.5 Å². The fraction of sp³-hybridized carbons (Fsp3) is 0. The van der Waals surface area contributed by atoms with Crippen molar-refractivity contribution < 1.29 is 9.72 Å². The first-order valence-electron chi connectivity index (χ1n) is 5.40. The summed E-state index contributed by atoms with van der Waals surface area (Å²) in [6.45, 7) is 0. The molecule has 0 heterocycles. The first-order valence-corrected chi connectivity index (χ1v) is 5.40. The summed E-state index contributed by atoms with van der Waals surface area (Å²) in [5, 5.41) is 20.1. The quantitative estimate of drug-likeness (QED) is 0.477. The summed E-state index contributed by atoms with van der Waals surface area (Å²) in [5.41, 5.74) is 1.20. The second-order valence-electron chi connectivity index (χ2n) is 3.81. The lowest BCUT2D eigenvalue weighted by atomic mass is 9.98. The van der Waals surface area contributed by atoms with Crippen LogP contribution in [0, 0.1) is 21.4 Å². The lowest BCUT2D eigenvalue weighted by molar-refractivity contribution is -0.384. The van der Waals surface area contributed by atoms with E-state index in [9.17, 15) is 14.9 Å². The normalized spacial score (nSPS) is 9.63. The highest BCUT2D eigenvalue weighted by molar-refractivity contribution is 5.83. The topological polar surface area (TPSA) is 84.0 Å². The van der Waals surface area contributed by atoms with Crippen molar-refractivity contribution in [3.05, 3.63) is 63.7 Å². The van der Waals surface area contributed by atoms with Crippen LogP contribution in [0.5, 0.6) is 0 Å². The Labute approximate surface area is 108 Å². The number of nitro benzene ring substituents is 1. The maximum absolute atomic E-state index is 11.1. The fourth-order valence-electron chi connectivity index (χ4n) is 1.82. The monoisotopic (exact) mass is 252 g/mol. The molecule has 19 heavy (non-hydrogen) atoms. The molecule has 2 rings (SSSR count). The number of aldehydes is 1. The molecule has 0 aliphatic heterocycles. The van der Waals surface area contributed by atoms with Crippen LogP contribution < -0.4 is 0 Å². The second kappa shape index (κ2) is 5.10. The van der Waals surface area contributed by atoms with E-state index in [2.05, 4.69) is 0 Å². The highest BCUT2D eigenvalue weighted by Crippen LogP contribution is 2.32. The standard InChI is InChI=1S/C14H8N2O3/c15-8-11-3-1-2-4-12(11)13-6-5-10(9-17)7-14(13)16(18)19/h1-7,9H. The number of nitro groups is 1. The molecule has 0 saturated carbocycles. The van der Waals surface area contributed by atoms with E-state index in [0.717, 1.165) is 0 Å². The molecule has 2 aromatic carbocycles. The Balaban J connectivity index is 2.72. The van der Waals surface area contributed by atoms with Gasteiger partial charge in [-0.25, -0.2) is 0 Å². The van der Waals surface area contributed by atoms with Crippen molar-refractivity contribution in [1.29, 1.82) is 5.26 Å². The second-order valence-corrected chi connectivity index (χ2v) is 3.81. The van der Waals surface area contributed by atoms with Gasteiger partial charge in [0, 0.05) is 17.2 Å². The van der Waals surface area contributed by atoms with E-state index in [4.69, 9.17) is 5.26 Å². The number of nitriles is 1. The Hall–Kier alpha value is -3.00. The highest BCUT2D eigenvalue weighted by Gasteiger charge is 2.18. The highest BCUT2D eigenvalue weighted by atomic mass is 16.6. The van der Waals surface area contributed by atoms with E-state index in [1.165, 1.54) is 18.2 Å². The van der Waals surface area contributed by atoms with Crippen molar-refractivity contribution in [2.75, 3.05) is 0 Å². The molecule has 0 amide bonds. The lowest BCUT2D eigenvalue weighted by Gasteiger charge is -2.05. The van der Waals surface area contributed by atoms with E-state index < -0.39 is 4.92 Å². The predicted octanol–water partition coefficient (Wildman–Crippen LogP) is 2.95. The van der Waals surface area contributed by atoms with Gasteiger partial charge in [-0.1, -0.05) is 24.3 Å². The summed E-state index contributed by atoms with van der Waals surface area (Å²) in [5.74, 6) is 0. The van der Waals surface area contributed by atoms with E-state index in [1.54, 1.807) is 24.3 Å². The van der Waals surface area contributed by atoms with Gasteiger partial charge in [0.1, 0.15) is 6.29 Å². The third-order valence-electron chi connectivity index (χ3n) is 2.69. The molecule has 0 unspecified atom stereocenters. The van der Waals surface area contributed by atoms with Gasteiger partial charge in [-0.15, -0.1) is 0 Å². The van der Waals surface area contributed by atoms with Crippen LogP contribution in [0.1, 0.15) is 15.9 Å². The Bertz CT molecular complexity index is 702. The Morgan fingerprint density at radius 1 is 1.16 bits per heavy atom. The van der Waals surface area contributed by atoms with Crippen LogP contribution in [-0.4, -0.2) is 11.2 Å². The van der Waals surface area contributed by atoms with Gasteiger partial charge >= 0.3 is 0 Å². The number of benzene rings is 2. The zero-order valence-electron chi connectivity index (χ0n) is 9.74. The van der Waals surface area contributed by atoms with Crippen molar-refractivity contribution in [3.8, 4) is 17.2 Å². The van der Waals surface area contributed by atoms with Crippen LogP contribution in [0.25, 0.3) is 11.1 Å². The molecule has 0 N–H and O–H groups in total. The van der Waals surface area contributed by atoms with E-state index in [-0.39, 0.29) is 11.3 Å². The maximum atomic E-state index is 11.1. The molecule has 0 aliphatic rings. The molecule has 2 aromatic rings. The van der Waals surface area contributed by atoms with Crippen molar-refractivity contribution >= 4 is 12.0 Å². The molecule has 5 nitrogen and oxygen atoms in total. The summed E-state index contributed by atoms with van der Waals surface area (Å²) < 4.78 is 0. The minimum atomic E-state index is -0.559. The number of hydrogen-bond donors (Lipinski definition) is 0. The van der Waals surface area contributed by atoms with Crippen LogP contribution in [0.3, 0.4) is 0 Å². The SMILES string of the molecule is N#Cc1ccccc1-c1ccc(C=O)cc1[N+](=O)[O-]. The van der Waals surface area contributed by atoms with Gasteiger partial charge in [0.2, 0.25) is 0 Å². The van der Waals surface area contributed by atoms with Crippen molar-refractivity contribution in [1.82, 2.24) is 0 Å². The zero-order valence-corrected chi connectivity index (χ0v) is 9.74. The molecule has 92 valence electrons. The first-order chi connectivity index (χ1) is 9.17. The number of hydrogen-bond acceptors (Lipinski definition) is 4. The zero-order chi connectivity index (χ0) is 13.8. The molecule has 0 radical (unpaired) electrons. The van der Waals surface area contributed by atoms with E-state index >= 15 is 0 Å².